The fourth-order valence-corrected chi connectivity index (χ4v) is 3.76. The molecule has 0 aromatic rings. The molecule has 2 heteroatoms. The molecule has 102 valence electrons. The molecule has 1 N–H and O–H groups in total. The van der Waals surface area contributed by atoms with E-state index in [1.807, 2.05) is 0 Å². The minimum absolute atomic E-state index is 0.586. The lowest BCUT2D eigenvalue weighted by Gasteiger charge is -2.27. The number of unbranched alkanes of at least 4 members (excludes halogenated alkanes) is 5. The Morgan fingerprint density at radius 3 is 2.29 bits per heavy atom. The first-order valence-electron chi connectivity index (χ1n) is 7.59. The standard InChI is InChI=1S/C15H31NS/c1-3-4-5-6-7-10-13-16-14-15(17-2)11-8-9-12-15/h16H,3-14H2,1-2H3. The zero-order valence-corrected chi connectivity index (χ0v) is 12.7. The van der Waals surface area contributed by atoms with Gasteiger partial charge in [0.15, 0.2) is 0 Å². The summed E-state index contributed by atoms with van der Waals surface area (Å²) in [7, 11) is 0. The van der Waals surface area contributed by atoms with Gasteiger partial charge in [-0.05, 0) is 32.1 Å². The van der Waals surface area contributed by atoms with Crippen LogP contribution in [0.25, 0.3) is 0 Å². The first-order chi connectivity index (χ1) is 8.33. The Balaban J connectivity index is 1.92. The van der Waals surface area contributed by atoms with Gasteiger partial charge in [-0.3, -0.25) is 0 Å². The first kappa shape index (κ1) is 15.4. The van der Waals surface area contributed by atoms with E-state index in [-0.39, 0.29) is 0 Å². The average molecular weight is 257 g/mol. The van der Waals surface area contributed by atoms with Crippen LogP contribution in [0.1, 0.15) is 71.1 Å². The van der Waals surface area contributed by atoms with E-state index in [2.05, 4.69) is 30.3 Å². The van der Waals surface area contributed by atoms with Crippen molar-refractivity contribution in [2.24, 2.45) is 0 Å². The molecule has 0 radical (unpaired) electrons. The Kier molecular flexibility index (Phi) is 8.38. The number of hydrogen-bond donors (Lipinski definition) is 1. The van der Waals surface area contributed by atoms with E-state index < -0.39 is 0 Å². The van der Waals surface area contributed by atoms with Gasteiger partial charge in [0.25, 0.3) is 0 Å². The van der Waals surface area contributed by atoms with Gasteiger partial charge in [0.05, 0.1) is 0 Å². The topological polar surface area (TPSA) is 12.0 Å². The van der Waals surface area contributed by atoms with Gasteiger partial charge in [-0.2, -0.15) is 11.8 Å². The average Bonchev–Trinajstić information content (AvgIpc) is 2.82. The largest absolute Gasteiger partial charge is 0.315 e. The van der Waals surface area contributed by atoms with E-state index >= 15 is 0 Å². The zero-order chi connectivity index (χ0) is 12.4. The van der Waals surface area contributed by atoms with Crippen molar-refractivity contribution in [2.75, 3.05) is 19.3 Å². The summed E-state index contributed by atoms with van der Waals surface area (Å²) in [6.45, 7) is 4.75. The van der Waals surface area contributed by atoms with Gasteiger partial charge in [0.2, 0.25) is 0 Å². The van der Waals surface area contributed by atoms with Crippen LogP contribution < -0.4 is 5.32 Å². The summed E-state index contributed by atoms with van der Waals surface area (Å²) in [5.41, 5.74) is 0. The van der Waals surface area contributed by atoms with Crippen LogP contribution in [0.15, 0.2) is 0 Å². The summed E-state index contributed by atoms with van der Waals surface area (Å²) in [6.07, 6.45) is 16.5. The molecule has 1 rings (SSSR count). The molecule has 0 aliphatic heterocycles. The molecular formula is C15H31NS. The second kappa shape index (κ2) is 9.27. The fraction of sp³-hybridized carbons (Fsp3) is 1.00. The molecule has 1 nitrogen and oxygen atoms in total. The highest BCUT2D eigenvalue weighted by molar-refractivity contribution is 8.00. The van der Waals surface area contributed by atoms with Gasteiger partial charge >= 0.3 is 0 Å². The van der Waals surface area contributed by atoms with Crippen LogP contribution in [0.3, 0.4) is 0 Å². The Labute approximate surface area is 113 Å². The maximum absolute atomic E-state index is 3.69. The summed E-state index contributed by atoms with van der Waals surface area (Å²) in [5.74, 6) is 0. The van der Waals surface area contributed by atoms with Crippen molar-refractivity contribution >= 4 is 11.8 Å². The number of thioether (sulfide) groups is 1. The lowest BCUT2D eigenvalue weighted by molar-refractivity contribution is 0.512. The number of nitrogens with one attached hydrogen (secondary N) is 1. The summed E-state index contributed by atoms with van der Waals surface area (Å²) in [6, 6.07) is 0. The van der Waals surface area contributed by atoms with Crippen LogP contribution in [0, 0.1) is 0 Å². The maximum atomic E-state index is 3.69. The van der Waals surface area contributed by atoms with Crippen molar-refractivity contribution in [3.05, 3.63) is 0 Å². The molecule has 0 aromatic carbocycles. The van der Waals surface area contributed by atoms with Gasteiger partial charge in [0.1, 0.15) is 0 Å². The highest BCUT2D eigenvalue weighted by Gasteiger charge is 2.32. The van der Waals surface area contributed by atoms with Crippen molar-refractivity contribution in [1.82, 2.24) is 5.32 Å². The number of rotatable bonds is 10. The maximum Gasteiger partial charge on any atom is 0.0281 e. The van der Waals surface area contributed by atoms with Crippen molar-refractivity contribution in [3.8, 4) is 0 Å². The zero-order valence-electron chi connectivity index (χ0n) is 11.9. The molecule has 0 spiro atoms. The van der Waals surface area contributed by atoms with Crippen molar-refractivity contribution in [1.29, 1.82) is 0 Å². The molecule has 1 aliphatic rings. The van der Waals surface area contributed by atoms with Gasteiger partial charge in [0, 0.05) is 11.3 Å². The van der Waals surface area contributed by atoms with Gasteiger partial charge < -0.3 is 5.32 Å². The Hall–Kier alpha value is 0.310. The molecular weight excluding hydrogens is 226 g/mol. The highest BCUT2D eigenvalue weighted by atomic mass is 32.2. The molecule has 1 aliphatic carbocycles. The summed E-state index contributed by atoms with van der Waals surface area (Å²) < 4.78 is 0.586. The summed E-state index contributed by atoms with van der Waals surface area (Å²) in [5, 5.41) is 3.69. The van der Waals surface area contributed by atoms with Crippen LogP contribution in [-0.4, -0.2) is 24.1 Å². The Bertz CT molecular complexity index is 176. The molecule has 0 amide bonds. The van der Waals surface area contributed by atoms with E-state index in [9.17, 15) is 0 Å². The lowest BCUT2D eigenvalue weighted by Crippen LogP contribution is -2.35. The van der Waals surface area contributed by atoms with Gasteiger partial charge in [-0.1, -0.05) is 51.9 Å². The quantitative estimate of drug-likeness (QED) is 0.573. The van der Waals surface area contributed by atoms with Crippen molar-refractivity contribution in [2.45, 2.75) is 75.9 Å². The molecule has 17 heavy (non-hydrogen) atoms. The van der Waals surface area contributed by atoms with E-state index in [0.29, 0.717) is 4.75 Å². The van der Waals surface area contributed by atoms with Crippen LogP contribution in [-0.2, 0) is 0 Å². The predicted octanol–water partition coefficient (Wildman–Crippen LogP) is 4.61. The molecule has 0 saturated heterocycles. The van der Waals surface area contributed by atoms with Crippen molar-refractivity contribution in [3.63, 3.8) is 0 Å². The van der Waals surface area contributed by atoms with E-state index in [0.717, 1.165) is 0 Å². The van der Waals surface area contributed by atoms with E-state index in [4.69, 9.17) is 0 Å². The van der Waals surface area contributed by atoms with Crippen molar-refractivity contribution < 1.29 is 0 Å². The van der Waals surface area contributed by atoms with E-state index in [1.54, 1.807) is 0 Å². The summed E-state index contributed by atoms with van der Waals surface area (Å²) in [4.78, 5) is 0. The molecule has 1 saturated carbocycles. The third-order valence-electron chi connectivity index (χ3n) is 4.10. The van der Waals surface area contributed by atoms with Gasteiger partial charge in [-0.15, -0.1) is 0 Å². The van der Waals surface area contributed by atoms with E-state index in [1.165, 1.54) is 77.3 Å². The highest BCUT2D eigenvalue weighted by Crippen LogP contribution is 2.39. The molecule has 0 bridgehead atoms. The predicted molar refractivity (Wildman–Crippen MR) is 81.0 cm³/mol. The second-order valence-corrected chi connectivity index (χ2v) is 6.81. The minimum Gasteiger partial charge on any atom is -0.315 e. The Morgan fingerprint density at radius 1 is 1.00 bits per heavy atom. The van der Waals surface area contributed by atoms with Crippen LogP contribution in [0.4, 0.5) is 0 Å². The monoisotopic (exact) mass is 257 g/mol. The molecule has 0 heterocycles. The van der Waals surface area contributed by atoms with Crippen LogP contribution in [0.2, 0.25) is 0 Å². The van der Waals surface area contributed by atoms with Crippen LogP contribution >= 0.6 is 11.8 Å². The minimum atomic E-state index is 0.586. The fourth-order valence-electron chi connectivity index (χ4n) is 2.82. The van der Waals surface area contributed by atoms with Gasteiger partial charge in [-0.25, -0.2) is 0 Å². The third-order valence-corrected chi connectivity index (χ3v) is 5.52. The first-order valence-corrected chi connectivity index (χ1v) is 8.81. The SMILES string of the molecule is CCCCCCCCNCC1(SC)CCCC1. The normalized spacial score (nSPS) is 18.7. The van der Waals surface area contributed by atoms with Crippen LogP contribution in [0.5, 0.6) is 0 Å². The molecule has 0 aromatic heterocycles. The number of hydrogen-bond acceptors (Lipinski definition) is 2. The smallest absolute Gasteiger partial charge is 0.0281 e. The molecule has 1 fully saturated rings. The third kappa shape index (κ3) is 6.15. The molecule has 0 unspecified atom stereocenters. The lowest BCUT2D eigenvalue weighted by atomic mass is 10.1. The summed E-state index contributed by atoms with van der Waals surface area (Å²) >= 11 is 2.09. The second-order valence-electron chi connectivity index (χ2n) is 5.54. The Morgan fingerprint density at radius 2 is 1.65 bits per heavy atom. The molecule has 0 atom stereocenters.